The standard InChI is InChI=1S/C17H17ClN2O2/c1-3-16(21)19-13-7-4-6-12(10-13)17(22)20-15-9-5-8-14(18)11(15)2/h4-10H,3H2,1-2H3,(H,19,21)(H,20,22). The van der Waals surface area contributed by atoms with Gasteiger partial charge in [-0.25, -0.2) is 0 Å². The Morgan fingerprint density at radius 3 is 2.55 bits per heavy atom. The van der Waals surface area contributed by atoms with E-state index in [2.05, 4.69) is 10.6 Å². The van der Waals surface area contributed by atoms with Gasteiger partial charge in [-0.05, 0) is 42.8 Å². The summed E-state index contributed by atoms with van der Waals surface area (Å²) in [5, 5.41) is 6.16. The quantitative estimate of drug-likeness (QED) is 0.886. The number of rotatable bonds is 4. The number of amides is 2. The lowest BCUT2D eigenvalue weighted by atomic mass is 10.1. The summed E-state index contributed by atoms with van der Waals surface area (Å²) in [6, 6.07) is 12.2. The molecule has 2 rings (SSSR count). The second-order valence-electron chi connectivity index (χ2n) is 4.85. The first kappa shape index (κ1) is 16.0. The predicted molar refractivity (Wildman–Crippen MR) is 89.5 cm³/mol. The van der Waals surface area contributed by atoms with E-state index in [1.807, 2.05) is 6.92 Å². The SMILES string of the molecule is CCC(=O)Nc1cccc(C(=O)Nc2cccc(Cl)c2C)c1. The number of carbonyl (C=O) groups is 2. The molecule has 0 unspecified atom stereocenters. The normalized spacial score (nSPS) is 10.1. The van der Waals surface area contributed by atoms with Crippen LogP contribution in [0.1, 0.15) is 29.3 Å². The summed E-state index contributed by atoms with van der Waals surface area (Å²) in [7, 11) is 0. The van der Waals surface area contributed by atoms with Crippen LogP contribution in [0.2, 0.25) is 5.02 Å². The lowest BCUT2D eigenvalue weighted by molar-refractivity contribution is -0.115. The highest BCUT2D eigenvalue weighted by molar-refractivity contribution is 6.31. The third-order valence-corrected chi connectivity index (χ3v) is 3.65. The Morgan fingerprint density at radius 2 is 1.82 bits per heavy atom. The summed E-state index contributed by atoms with van der Waals surface area (Å²) in [4.78, 5) is 23.7. The van der Waals surface area contributed by atoms with Crippen LogP contribution in [-0.2, 0) is 4.79 Å². The van der Waals surface area contributed by atoms with Crippen LogP contribution in [0.5, 0.6) is 0 Å². The van der Waals surface area contributed by atoms with Crippen molar-refractivity contribution < 1.29 is 9.59 Å². The number of hydrogen-bond donors (Lipinski definition) is 2. The third kappa shape index (κ3) is 3.86. The Labute approximate surface area is 134 Å². The first-order valence-electron chi connectivity index (χ1n) is 6.97. The summed E-state index contributed by atoms with van der Waals surface area (Å²) in [6.07, 6.45) is 0.387. The molecule has 0 bridgehead atoms. The molecule has 2 aromatic rings. The maximum absolute atomic E-state index is 12.3. The summed E-state index contributed by atoms with van der Waals surface area (Å²) < 4.78 is 0. The summed E-state index contributed by atoms with van der Waals surface area (Å²) in [6.45, 7) is 3.61. The van der Waals surface area contributed by atoms with Gasteiger partial charge in [-0.1, -0.05) is 30.7 Å². The van der Waals surface area contributed by atoms with Crippen LogP contribution in [0.3, 0.4) is 0 Å². The number of benzene rings is 2. The van der Waals surface area contributed by atoms with Crippen molar-refractivity contribution in [2.45, 2.75) is 20.3 Å². The van der Waals surface area contributed by atoms with Crippen molar-refractivity contribution in [1.82, 2.24) is 0 Å². The Kier molecular flexibility index (Phi) is 5.17. The zero-order valence-electron chi connectivity index (χ0n) is 12.4. The highest BCUT2D eigenvalue weighted by Gasteiger charge is 2.10. The fourth-order valence-electron chi connectivity index (χ4n) is 1.92. The Balaban J connectivity index is 2.17. The fraction of sp³-hybridized carbons (Fsp3) is 0.176. The summed E-state index contributed by atoms with van der Waals surface area (Å²) in [5.74, 6) is -0.346. The van der Waals surface area contributed by atoms with E-state index in [4.69, 9.17) is 11.6 Å². The van der Waals surface area contributed by atoms with Gasteiger partial charge in [-0.15, -0.1) is 0 Å². The van der Waals surface area contributed by atoms with E-state index in [-0.39, 0.29) is 11.8 Å². The van der Waals surface area contributed by atoms with Gasteiger partial charge < -0.3 is 10.6 Å². The second kappa shape index (κ2) is 7.09. The van der Waals surface area contributed by atoms with Crippen LogP contribution in [0.25, 0.3) is 0 Å². The van der Waals surface area contributed by atoms with E-state index in [9.17, 15) is 9.59 Å². The zero-order valence-corrected chi connectivity index (χ0v) is 13.2. The van der Waals surface area contributed by atoms with Crippen molar-refractivity contribution in [3.8, 4) is 0 Å². The molecule has 5 heteroatoms. The lowest BCUT2D eigenvalue weighted by Gasteiger charge is -2.10. The minimum atomic E-state index is -0.252. The molecule has 0 fully saturated rings. The van der Waals surface area contributed by atoms with Crippen molar-refractivity contribution in [3.63, 3.8) is 0 Å². The molecule has 22 heavy (non-hydrogen) atoms. The Hall–Kier alpha value is -2.33. The molecule has 0 heterocycles. The van der Waals surface area contributed by atoms with Crippen LogP contribution < -0.4 is 10.6 Å². The van der Waals surface area contributed by atoms with Crippen molar-refractivity contribution in [2.75, 3.05) is 10.6 Å². The van der Waals surface area contributed by atoms with Gasteiger partial charge in [0.05, 0.1) is 0 Å². The number of hydrogen-bond acceptors (Lipinski definition) is 2. The molecule has 114 valence electrons. The van der Waals surface area contributed by atoms with E-state index < -0.39 is 0 Å². The predicted octanol–water partition coefficient (Wildman–Crippen LogP) is 4.25. The minimum Gasteiger partial charge on any atom is -0.326 e. The monoisotopic (exact) mass is 316 g/mol. The molecule has 0 saturated carbocycles. The lowest BCUT2D eigenvalue weighted by Crippen LogP contribution is -2.14. The van der Waals surface area contributed by atoms with E-state index >= 15 is 0 Å². The van der Waals surface area contributed by atoms with Crippen molar-refractivity contribution in [2.24, 2.45) is 0 Å². The van der Waals surface area contributed by atoms with Crippen LogP contribution in [0.4, 0.5) is 11.4 Å². The van der Waals surface area contributed by atoms with E-state index in [1.165, 1.54) is 0 Å². The topological polar surface area (TPSA) is 58.2 Å². The van der Waals surface area contributed by atoms with Crippen molar-refractivity contribution >= 4 is 34.8 Å². The van der Waals surface area contributed by atoms with E-state index in [0.29, 0.717) is 28.4 Å². The maximum Gasteiger partial charge on any atom is 0.255 e. The largest absolute Gasteiger partial charge is 0.326 e. The highest BCUT2D eigenvalue weighted by atomic mass is 35.5. The summed E-state index contributed by atoms with van der Waals surface area (Å²) >= 11 is 6.04. The number of anilines is 2. The van der Waals surface area contributed by atoms with Crippen LogP contribution in [-0.4, -0.2) is 11.8 Å². The zero-order chi connectivity index (χ0) is 16.1. The number of halogens is 1. The van der Waals surface area contributed by atoms with Crippen molar-refractivity contribution in [3.05, 3.63) is 58.6 Å². The number of nitrogens with one attached hydrogen (secondary N) is 2. The van der Waals surface area contributed by atoms with Crippen LogP contribution in [0, 0.1) is 6.92 Å². The molecule has 4 nitrogen and oxygen atoms in total. The molecule has 2 amide bonds. The molecule has 0 spiro atoms. The van der Waals surface area contributed by atoms with Crippen LogP contribution in [0.15, 0.2) is 42.5 Å². The van der Waals surface area contributed by atoms with Gasteiger partial charge in [-0.3, -0.25) is 9.59 Å². The smallest absolute Gasteiger partial charge is 0.255 e. The molecule has 0 aliphatic heterocycles. The van der Waals surface area contributed by atoms with Crippen LogP contribution >= 0.6 is 11.6 Å². The molecule has 2 aromatic carbocycles. The fourth-order valence-corrected chi connectivity index (χ4v) is 2.10. The molecule has 0 aromatic heterocycles. The first-order valence-corrected chi connectivity index (χ1v) is 7.35. The van der Waals surface area contributed by atoms with Gasteiger partial charge in [0.1, 0.15) is 0 Å². The molecular formula is C17H17ClN2O2. The molecule has 0 radical (unpaired) electrons. The van der Waals surface area contributed by atoms with E-state index in [0.717, 1.165) is 5.56 Å². The Bertz CT molecular complexity index is 714. The van der Waals surface area contributed by atoms with Gasteiger partial charge in [0.25, 0.3) is 5.91 Å². The number of carbonyl (C=O) groups excluding carboxylic acids is 2. The molecule has 0 aliphatic carbocycles. The molecule has 0 aliphatic rings. The third-order valence-electron chi connectivity index (χ3n) is 3.25. The van der Waals surface area contributed by atoms with Crippen molar-refractivity contribution in [1.29, 1.82) is 0 Å². The van der Waals surface area contributed by atoms with E-state index in [1.54, 1.807) is 49.4 Å². The first-order chi connectivity index (χ1) is 10.5. The second-order valence-corrected chi connectivity index (χ2v) is 5.26. The minimum absolute atomic E-state index is 0.0942. The van der Waals surface area contributed by atoms with Gasteiger partial charge in [0.2, 0.25) is 5.91 Å². The van der Waals surface area contributed by atoms with Gasteiger partial charge in [-0.2, -0.15) is 0 Å². The van der Waals surface area contributed by atoms with Gasteiger partial charge in [0.15, 0.2) is 0 Å². The van der Waals surface area contributed by atoms with Gasteiger partial charge >= 0.3 is 0 Å². The molecule has 0 atom stereocenters. The molecular weight excluding hydrogens is 300 g/mol. The average Bonchev–Trinajstić information content (AvgIpc) is 2.52. The average molecular weight is 317 g/mol. The molecule has 0 saturated heterocycles. The Morgan fingerprint density at radius 1 is 1.09 bits per heavy atom. The van der Waals surface area contributed by atoms with Gasteiger partial charge in [0, 0.05) is 28.4 Å². The maximum atomic E-state index is 12.3. The highest BCUT2D eigenvalue weighted by Crippen LogP contribution is 2.23. The summed E-state index contributed by atoms with van der Waals surface area (Å²) in [5.41, 5.74) is 2.55. The molecule has 2 N–H and O–H groups in total.